The maximum atomic E-state index is 12.9. The van der Waals surface area contributed by atoms with Crippen LogP contribution in [0, 0.1) is 11.7 Å². The highest BCUT2D eigenvalue weighted by Gasteiger charge is 2.34. The van der Waals surface area contributed by atoms with E-state index in [0.29, 0.717) is 24.6 Å². The highest BCUT2D eigenvalue weighted by Crippen LogP contribution is 2.22. The molecule has 0 radical (unpaired) electrons. The van der Waals surface area contributed by atoms with Crippen LogP contribution in [0.4, 0.5) is 4.39 Å². The minimum atomic E-state index is -0.291. The zero-order chi connectivity index (χ0) is 18.8. The van der Waals surface area contributed by atoms with Gasteiger partial charge in [-0.25, -0.2) is 4.39 Å². The van der Waals surface area contributed by atoms with Gasteiger partial charge < -0.3 is 14.1 Å². The Morgan fingerprint density at radius 3 is 2.56 bits per heavy atom. The number of ether oxygens (including phenoxy) is 1. The SMILES string of the molecule is CC1CCN(Cc2ccc(C(=O)N3CC(Oc4ccc(F)cc4)C3)o2)CC1. The fourth-order valence-corrected chi connectivity index (χ4v) is 3.56. The van der Waals surface area contributed by atoms with Gasteiger partial charge in [-0.3, -0.25) is 9.69 Å². The average molecular weight is 372 g/mol. The standard InChI is InChI=1S/C21H25FN2O3/c1-15-8-10-23(11-9-15)12-18-6-7-20(27-18)21(25)24-13-19(14-24)26-17-4-2-16(22)3-5-17/h2-7,15,19H,8-14H2,1H3. The van der Waals surface area contributed by atoms with E-state index in [1.807, 2.05) is 6.07 Å². The van der Waals surface area contributed by atoms with Crippen LogP contribution in [-0.4, -0.2) is 48.0 Å². The lowest BCUT2D eigenvalue weighted by molar-refractivity contribution is 0.0153. The molecule has 2 aliphatic rings. The van der Waals surface area contributed by atoms with Gasteiger partial charge in [0.1, 0.15) is 23.4 Å². The molecular weight excluding hydrogens is 347 g/mol. The van der Waals surface area contributed by atoms with Crippen LogP contribution in [-0.2, 0) is 6.54 Å². The first-order chi connectivity index (χ1) is 13.1. The van der Waals surface area contributed by atoms with E-state index in [0.717, 1.165) is 31.3 Å². The van der Waals surface area contributed by atoms with Gasteiger partial charge in [0.15, 0.2) is 5.76 Å². The van der Waals surface area contributed by atoms with Gasteiger partial charge in [-0.2, -0.15) is 0 Å². The molecule has 2 aliphatic heterocycles. The van der Waals surface area contributed by atoms with Crippen molar-refractivity contribution in [2.45, 2.75) is 32.4 Å². The highest BCUT2D eigenvalue weighted by molar-refractivity contribution is 5.92. The van der Waals surface area contributed by atoms with Crippen LogP contribution in [0.15, 0.2) is 40.8 Å². The molecule has 27 heavy (non-hydrogen) atoms. The summed E-state index contributed by atoms with van der Waals surface area (Å²) < 4.78 is 24.4. The normalized spacial score (nSPS) is 19.1. The quantitative estimate of drug-likeness (QED) is 0.805. The first kappa shape index (κ1) is 18.0. The van der Waals surface area contributed by atoms with Gasteiger partial charge in [0.05, 0.1) is 19.6 Å². The van der Waals surface area contributed by atoms with E-state index in [1.54, 1.807) is 23.1 Å². The van der Waals surface area contributed by atoms with Crippen molar-refractivity contribution in [2.24, 2.45) is 5.92 Å². The maximum absolute atomic E-state index is 12.9. The third kappa shape index (κ3) is 4.33. The van der Waals surface area contributed by atoms with Crippen LogP contribution in [0.2, 0.25) is 0 Å². The molecule has 2 saturated heterocycles. The Kier molecular flexibility index (Phi) is 5.16. The van der Waals surface area contributed by atoms with E-state index in [1.165, 1.54) is 25.0 Å². The van der Waals surface area contributed by atoms with Gasteiger partial charge in [-0.05, 0) is 68.2 Å². The van der Waals surface area contributed by atoms with Crippen LogP contribution < -0.4 is 4.74 Å². The molecular formula is C21H25FN2O3. The van der Waals surface area contributed by atoms with Gasteiger partial charge in [0.2, 0.25) is 0 Å². The number of nitrogens with zero attached hydrogens (tertiary/aromatic N) is 2. The number of likely N-dealkylation sites (tertiary alicyclic amines) is 2. The second-order valence-electron chi connectivity index (χ2n) is 7.63. The lowest BCUT2D eigenvalue weighted by Crippen LogP contribution is -2.56. The van der Waals surface area contributed by atoms with Gasteiger partial charge in [-0.15, -0.1) is 0 Å². The second kappa shape index (κ2) is 7.72. The van der Waals surface area contributed by atoms with E-state index >= 15 is 0 Å². The summed E-state index contributed by atoms with van der Waals surface area (Å²) in [5, 5.41) is 0. The predicted octanol–water partition coefficient (Wildman–Crippen LogP) is 3.55. The van der Waals surface area contributed by atoms with E-state index < -0.39 is 0 Å². The lowest BCUT2D eigenvalue weighted by Gasteiger charge is -2.38. The highest BCUT2D eigenvalue weighted by atomic mass is 19.1. The molecule has 1 aromatic heterocycles. The molecule has 144 valence electrons. The minimum absolute atomic E-state index is 0.0656. The summed E-state index contributed by atoms with van der Waals surface area (Å²) in [4.78, 5) is 16.6. The van der Waals surface area contributed by atoms with Crippen molar-refractivity contribution < 1.29 is 18.3 Å². The molecule has 0 atom stereocenters. The van der Waals surface area contributed by atoms with Crippen molar-refractivity contribution in [2.75, 3.05) is 26.2 Å². The number of hydrogen-bond acceptors (Lipinski definition) is 4. The van der Waals surface area contributed by atoms with Gasteiger partial charge in [0, 0.05) is 0 Å². The molecule has 0 N–H and O–H groups in total. The first-order valence-electron chi connectivity index (χ1n) is 9.59. The first-order valence-corrected chi connectivity index (χ1v) is 9.59. The average Bonchev–Trinajstić information content (AvgIpc) is 3.09. The number of carbonyl (C=O) groups is 1. The van der Waals surface area contributed by atoms with E-state index in [4.69, 9.17) is 9.15 Å². The fraction of sp³-hybridized carbons (Fsp3) is 0.476. The molecule has 2 aromatic rings. The second-order valence-corrected chi connectivity index (χ2v) is 7.63. The maximum Gasteiger partial charge on any atom is 0.289 e. The van der Waals surface area contributed by atoms with Gasteiger partial charge in [0.25, 0.3) is 5.91 Å². The summed E-state index contributed by atoms with van der Waals surface area (Å²) >= 11 is 0. The lowest BCUT2D eigenvalue weighted by atomic mass is 9.99. The van der Waals surface area contributed by atoms with E-state index in [9.17, 15) is 9.18 Å². The summed E-state index contributed by atoms with van der Waals surface area (Å²) in [6.07, 6.45) is 2.37. The van der Waals surface area contributed by atoms with Gasteiger partial charge >= 0.3 is 0 Å². The number of piperidine rings is 1. The van der Waals surface area contributed by atoms with Crippen LogP contribution in [0.25, 0.3) is 0 Å². The van der Waals surface area contributed by atoms with E-state index in [2.05, 4.69) is 11.8 Å². The summed E-state index contributed by atoms with van der Waals surface area (Å²) in [7, 11) is 0. The van der Waals surface area contributed by atoms with Crippen LogP contribution >= 0.6 is 0 Å². The van der Waals surface area contributed by atoms with Crippen molar-refractivity contribution >= 4 is 5.91 Å². The summed E-state index contributed by atoms with van der Waals surface area (Å²) in [6, 6.07) is 9.59. The Balaban J connectivity index is 1.26. The van der Waals surface area contributed by atoms with E-state index in [-0.39, 0.29) is 17.8 Å². The Morgan fingerprint density at radius 1 is 1.15 bits per heavy atom. The molecule has 1 amide bonds. The molecule has 0 spiro atoms. The number of hydrogen-bond donors (Lipinski definition) is 0. The molecule has 0 aliphatic carbocycles. The zero-order valence-corrected chi connectivity index (χ0v) is 15.6. The summed E-state index contributed by atoms with van der Waals surface area (Å²) in [5.74, 6) is 2.24. The molecule has 0 bridgehead atoms. The number of rotatable bonds is 5. The number of furan rings is 1. The molecule has 5 nitrogen and oxygen atoms in total. The molecule has 0 unspecified atom stereocenters. The van der Waals surface area contributed by atoms with Crippen LogP contribution in [0.5, 0.6) is 5.75 Å². The topological polar surface area (TPSA) is 45.9 Å². The zero-order valence-electron chi connectivity index (χ0n) is 15.6. The summed E-state index contributed by atoms with van der Waals surface area (Å²) in [6.45, 7) is 6.24. The third-order valence-electron chi connectivity index (χ3n) is 5.38. The molecule has 3 heterocycles. The van der Waals surface area contributed by atoms with Crippen molar-refractivity contribution in [1.82, 2.24) is 9.80 Å². The molecule has 0 saturated carbocycles. The molecule has 2 fully saturated rings. The third-order valence-corrected chi connectivity index (χ3v) is 5.38. The predicted molar refractivity (Wildman–Crippen MR) is 99.1 cm³/mol. The van der Waals surface area contributed by atoms with Crippen molar-refractivity contribution in [3.05, 3.63) is 53.7 Å². The molecule has 4 rings (SSSR count). The minimum Gasteiger partial charge on any atom is -0.487 e. The Bertz CT molecular complexity index is 775. The van der Waals surface area contributed by atoms with Crippen molar-refractivity contribution in [1.29, 1.82) is 0 Å². The monoisotopic (exact) mass is 372 g/mol. The largest absolute Gasteiger partial charge is 0.487 e. The number of carbonyl (C=O) groups excluding carboxylic acids is 1. The smallest absolute Gasteiger partial charge is 0.289 e. The van der Waals surface area contributed by atoms with Crippen molar-refractivity contribution in [3.8, 4) is 5.75 Å². The van der Waals surface area contributed by atoms with Crippen LogP contribution in [0.3, 0.4) is 0 Å². The number of amides is 1. The van der Waals surface area contributed by atoms with Crippen molar-refractivity contribution in [3.63, 3.8) is 0 Å². The molecule has 6 heteroatoms. The molecule has 1 aromatic carbocycles. The van der Waals surface area contributed by atoms with Gasteiger partial charge in [-0.1, -0.05) is 6.92 Å². The Morgan fingerprint density at radius 2 is 1.85 bits per heavy atom. The number of halogens is 1. The number of benzene rings is 1. The van der Waals surface area contributed by atoms with Crippen LogP contribution in [0.1, 0.15) is 36.1 Å². The summed E-state index contributed by atoms with van der Waals surface area (Å²) in [5.41, 5.74) is 0. The fourth-order valence-electron chi connectivity index (χ4n) is 3.56. The Hall–Kier alpha value is -2.34. The Labute approximate surface area is 158 Å².